The average molecular weight is 270 g/mol. The summed E-state index contributed by atoms with van der Waals surface area (Å²) < 4.78 is 10.5. The van der Waals surface area contributed by atoms with Gasteiger partial charge in [0.25, 0.3) is 5.69 Å². The molecule has 0 saturated heterocycles. The van der Waals surface area contributed by atoms with Crippen LogP contribution in [0.1, 0.15) is 11.1 Å². The zero-order chi connectivity index (χ0) is 14.1. The molecular formula is C14H10N2O4. The molecule has 2 aromatic rings. The van der Waals surface area contributed by atoms with Crippen LogP contribution in [0.25, 0.3) is 0 Å². The van der Waals surface area contributed by atoms with Gasteiger partial charge in [-0.1, -0.05) is 12.1 Å². The second kappa shape index (κ2) is 4.65. The molecule has 100 valence electrons. The monoisotopic (exact) mass is 270 g/mol. The number of nitrogens with one attached hydrogen (secondary N) is 1. The third-order valence-electron chi connectivity index (χ3n) is 3.01. The van der Waals surface area contributed by atoms with E-state index < -0.39 is 4.92 Å². The first-order valence-corrected chi connectivity index (χ1v) is 5.88. The fourth-order valence-electron chi connectivity index (χ4n) is 1.99. The van der Waals surface area contributed by atoms with Crippen molar-refractivity contribution < 1.29 is 14.4 Å². The minimum absolute atomic E-state index is 0.0343. The van der Waals surface area contributed by atoms with Crippen molar-refractivity contribution in [3.8, 4) is 11.5 Å². The van der Waals surface area contributed by atoms with Crippen molar-refractivity contribution >= 4 is 11.4 Å². The molecule has 1 heterocycles. The SMILES string of the molecule is N=C(c1cccc([N+](=O)[O-])c1)c1ccc2c(c1)OCO2. The number of fused-ring (bicyclic) bond motifs is 1. The van der Waals surface area contributed by atoms with E-state index in [9.17, 15) is 10.1 Å². The fraction of sp³-hybridized carbons (Fsp3) is 0.0714. The number of nitrogens with zero attached hydrogens (tertiary/aromatic N) is 1. The van der Waals surface area contributed by atoms with Gasteiger partial charge in [-0.3, -0.25) is 15.5 Å². The van der Waals surface area contributed by atoms with Crippen LogP contribution in [0.5, 0.6) is 11.5 Å². The third-order valence-corrected chi connectivity index (χ3v) is 3.01. The molecule has 0 fully saturated rings. The highest BCUT2D eigenvalue weighted by molar-refractivity contribution is 6.11. The Balaban J connectivity index is 1.96. The van der Waals surface area contributed by atoms with Crippen LogP contribution in [0.15, 0.2) is 42.5 Å². The molecule has 2 aromatic carbocycles. The number of nitro groups is 1. The van der Waals surface area contributed by atoms with E-state index in [0.29, 0.717) is 22.6 Å². The van der Waals surface area contributed by atoms with Gasteiger partial charge < -0.3 is 9.47 Å². The molecule has 0 radical (unpaired) electrons. The Hall–Kier alpha value is -2.89. The highest BCUT2D eigenvalue weighted by Gasteiger charge is 2.16. The van der Waals surface area contributed by atoms with Gasteiger partial charge in [0.1, 0.15) is 0 Å². The maximum atomic E-state index is 10.8. The van der Waals surface area contributed by atoms with Gasteiger partial charge in [-0.2, -0.15) is 0 Å². The Morgan fingerprint density at radius 2 is 1.85 bits per heavy atom. The van der Waals surface area contributed by atoms with E-state index >= 15 is 0 Å². The molecule has 0 atom stereocenters. The van der Waals surface area contributed by atoms with Gasteiger partial charge in [-0.25, -0.2) is 0 Å². The second-order valence-corrected chi connectivity index (χ2v) is 4.25. The van der Waals surface area contributed by atoms with Crippen LogP contribution in [0.3, 0.4) is 0 Å². The Morgan fingerprint density at radius 1 is 1.10 bits per heavy atom. The summed E-state index contributed by atoms with van der Waals surface area (Å²) in [5.74, 6) is 1.22. The normalized spacial score (nSPS) is 12.2. The van der Waals surface area contributed by atoms with Crippen LogP contribution in [0.2, 0.25) is 0 Å². The summed E-state index contributed by atoms with van der Waals surface area (Å²) in [5.41, 5.74) is 1.27. The van der Waals surface area contributed by atoms with Crippen molar-refractivity contribution in [3.05, 3.63) is 63.7 Å². The summed E-state index contributed by atoms with van der Waals surface area (Å²) in [6, 6.07) is 11.2. The summed E-state index contributed by atoms with van der Waals surface area (Å²) in [4.78, 5) is 10.3. The highest BCUT2D eigenvalue weighted by Crippen LogP contribution is 2.33. The maximum absolute atomic E-state index is 10.8. The van der Waals surface area contributed by atoms with E-state index in [1.54, 1.807) is 30.3 Å². The molecule has 0 amide bonds. The van der Waals surface area contributed by atoms with Crippen molar-refractivity contribution in [2.24, 2.45) is 0 Å². The first kappa shape index (κ1) is 12.2. The van der Waals surface area contributed by atoms with Gasteiger partial charge in [-0.05, 0) is 18.2 Å². The van der Waals surface area contributed by atoms with Gasteiger partial charge in [0, 0.05) is 23.3 Å². The van der Waals surface area contributed by atoms with Crippen molar-refractivity contribution in [3.63, 3.8) is 0 Å². The van der Waals surface area contributed by atoms with E-state index in [-0.39, 0.29) is 18.2 Å². The first-order valence-electron chi connectivity index (χ1n) is 5.88. The summed E-state index contributed by atoms with van der Waals surface area (Å²) in [5, 5.41) is 18.9. The number of hydrogen-bond acceptors (Lipinski definition) is 5. The largest absolute Gasteiger partial charge is 0.454 e. The van der Waals surface area contributed by atoms with Crippen molar-refractivity contribution in [2.45, 2.75) is 0 Å². The molecule has 0 aliphatic carbocycles. The van der Waals surface area contributed by atoms with Crippen LogP contribution >= 0.6 is 0 Å². The number of benzene rings is 2. The maximum Gasteiger partial charge on any atom is 0.270 e. The van der Waals surface area contributed by atoms with E-state index in [4.69, 9.17) is 14.9 Å². The molecule has 1 aliphatic rings. The summed E-state index contributed by atoms with van der Waals surface area (Å²) in [6.07, 6.45) is 0. The number of hydrogen-bond donors (Lipinski definition) is 1. The molecule has 0 saturated carbocycles. The predicted molar refractivity (Wildman–Crippen MR) is 71.6 cm³/mol. The molecule has 1 N–H and O–H groups in total. The lowest BCUT2D eigenvalue weighted by Crippen LogP contribution is -2.02. The molecule has 6 heteroatoms. The van der Waals surface area contributed by atoms with Gasteiger partial charge in [0.05, 0.1) is 10.6 Å². The molecule has 6 nitrogen and oxygen atoms in total. The number of non-ortho nitro benzene ring substituents is 1. The van der Waals surface area contributed by atoms with Crippen LogP contribution in [-0.4, -0.2) is 17.4 Å². The Labute approximate surface area is 114 Å². The lowest BCUT2D eigenvalue weighted by molar-refractivity contribution is -0.384. The fourth-order valence-corrected chi connectivity index (χ4v) is 1.99. The Bertz CT molecular complexity index is 712. The number of nitro benzene ring substituents is 1. The predicted octanol–water partition coefficient (Wildman–Crippen LogP) is 2.74. The van der Waals surface area contributed by atoms with E-state index in [2.05, 4.69) is 0 Å². The van der Waals surface area contributed by atoms with Gasteiger partial charge in [0.15, 0.2) is 11.5 Å². The first-order chi connectivity index (χ1) is 9.65. The molecule has 0 unspecified atom stereocenters. The molecule has 1 aliphatic heterocycles. The molecule has 20 heavy (non-hydrogen) atoms. The zero-order valence-corrected chi connectivity index (χ0v) is 10.3. The number of ether oxygens (including phenoxy) is 2. The van der Waals surface area contributed by atoms with Crippen LogP contribution in [-0.2, 0) is 0 Å². The Kier molecular flexibility index (Phi) is 2.83. The minimum Gasteiger partial charge on any atom is -0.454 e. The molecule has 3 rings (SSSR count). The van der Waals surface area contributed by atoms with E-state index in [0.717, 1.165) is 0 Å². The second-order valence-electron chi connectivity index (χ2n) is 4.25. The summed E-state index contributed by atoms with van der Waals surface area (Å²) in [7, 11) is 0. The molecule has 0 aromatic heterocycles. The Morgan fingerprint density at radius 3 is 2.65 bits per heavy atom. The standard InChI is InChI=1S/C14H10N2O4/c15-14(9-2-1-3-11(6-9)16(17)18)10-4-5-12-13(7-10)20-8-19-12/h1-7,15H,8H2. The van der Waals surface area contributed by atoms with E-state index in [1.807, 2.05) is 0 Å². The van der Waals surface area contributed by atoms with Crippen LogP contribution in [0.4, 0.5) is 5.69 Å². The van der Waals surface area contributed by atoms with Crippen LogP contribution < -0.4 is 9.47 Å². The van der Waals surface area contributed by atoms with Crippen LogP contribution in [0, 0.1) is 15.5 Å². The lowest BCUT2D eigenvalue weighted by atomic mass is 10.0. The smallest absolute Gasteiger partial charge is 0.270 e. The quantitative estimate of drug-likeness (QED) is 0.528. The van der Waals surface area contributed by atoms with E-state index in [1.165, 1.54) is 12.1 Å². The van der Waals surface area contributed by atoms with Crippen molar-refractivity contribution in [2.75, 3.05) is 6.79 Å². The van der Waals surface area contributed by atoms with Crippen molar-refractivity contribution in [1.29, 1.82) is 5.41 Å². The third kappa shape index (κ3) is 2.07. The number of rotatable bonds is 3. The lowest BCUT2D eigenvalue weighted by Gasteiger charge is -2.05. The zero-order valence-electron chi connectivity index (χ0n) is 10.3. The van der Waals surface area contributed by atoms with Gasteiger partial charge >= 0.3 is 0 Å². The molecule has 0 spiro atoms. The average Bonchev–Trinajstić information content (AvgIpc) is 2.94. The molecular weight excluding hydrogens is 260 g/mol. The highest BCUT2D eigenvalue weighted by atomic mass is 16.7. The van der Waals surface area contributed by atoms with Crippen molar-refractivity contribution in [1.82, 2.24) is 0 Å². The summed E-state index contributed by atoms with van der Waals surface area (Å²) in [6.45, 7) is 0.170. The summed E-state index contributed by atoms with van der Waals surface area (Å²) >= 11 is 0. The topological polar surface area (TPSA) is 85.5 Å². The van der Waals surface area contributed by atoms with Gasteiger partial charge in [0.2, 0.25) is 6.79 Å². The minimum atomic E-state index is -0.476. The molecule has 0 bridgehead atoms. The van der Waals surface area contributed by atoms with Gasteiger partial charge in [-0.15, -0.1) is 0 Å².